The lowest BCUT2D eigenvalue weighted by Crippen LogP contribution is -2.28. The third-order valence-electron chi connectivity index (χ3n) is 2.69. The monoisotopic (exact) mass is 229 g/mol. The molecule has 1 heterocycles. The first-order valence-electron chi connectivity index (χ1n) is 5.68. The molecule has 0 aromatic rings. The van der Waals surface area contributed by atoms with Crippen molar-refractivity contribution in [3.63, 3.8) is 0 Å². The number of hydrogen-bond donors (Lipinski definition) is 1. The van der Waals surface area contributed by atoms with Crippen LogP contribution in [0.3, 0.4) is 0 Å². The van der Waals surface area contributed by atoms with Crippen molar-refractivity contribution >= 4 is 11.9 Å². The zero-order chi connectivity index (χ0) is 12.0. The number of amides is 1. The predicted molar refractivity (Wildman–Crippen MR) is 58.5 cm³/mol. The zero-order valence-electron chi connectivity index (χ0n) is 9.65. The summed E-state index contributed by atoms with van der Waals surface area (Å²) < 4.78 is 5.55. The lowest BCUT2D eigenvalue weighted by atomic mass is 10.2. The fourth-order valence-corrected chi connectivity index (χ4v) is 1.76. The molecular weight excluding hydrogens is 210 g/mol. The lowest BCUT2D eigenvalue weighted by Gasteiger charge is -2.12. The molecule has 92 valence electrons. The van der Waals surface area contributed by atoms with E-state index in [0.29, 0.717) is 26.1 Å². The highest BCUT2D eigenvalue weighted by molar-refractivity contribution is 5.75. The molecule has 5 heteroatoms. The Labute approximate surface area is 95.4 Å². The maximum Gasteiger partial charge on any atom is 0.407 e. The average Bonchev–Trinajstić information content (AvgIpc) is 2.65. The largest absolute Gasteiger partial charge is 0.465 e. The summed E-state index contributed by atoms with van der Waals surface area (Å²) in [4.78, 5) is 22.7. The van der Waals surface area contributed by atoms with Crippen molar-refractivity contribution < 1.29 is 19.4 Å². The molecule has 0 unspecified atom stereocenters. The summed E-state index contributed by atoms with van der Waals surface area (Å²) in [5.41, 5.74) is 0. The van der Waals surface area contributed by atoms with Crippen LogP contribution in [0.25, 0.3) is 0 Å². The van der Waals surface area contributed by atoms with Gasteiger partial charge in [-0.15, -0.1) is 0 Å². The van der Waals surface area contributed by atoms with E-state index in [1.807, 2.05) is 0 Å². The van der Waals surface area contributed by atoms with Crippen molar-refractivity contribution in [2.75, 3.05) is 19.7 Å². The number of carbonyl (C=O) groups is 2. The van der Waals surface area contributed by atoms with Crippen molar-refractivity contribution in [2.24, 2.45) is 0 Å². The van der Waals surface area contributed by atoms with Gasteiger partial charge in [0.2, 0.25) is 0 Å². The van der Waals surface area contributed by atoms with E-state index in [2.05, 4.69) is 0 Å². The van der Waals surface area contributed by atoms with Crippen LogP contribution >= 0.6 is 0 Å². The number of Topliss-reactive ketones (excluding diaryl/α,β-unsaturated/α-hetero) is 1. The van der Waals surface area contributed by atoms with Crippen molar-refractivity contribution in [3.8, 4) is 0 Å². The minimum absolute atomic E-state index is 0.0356. The first-order valence-corrected chi connectivity index (χ1v) is 5.68. The Bertz CT molecular complexity index is 254. The number of likely N-dealkylation sites (tertiary alicyclic amines) is 1. The van der Waals surface area contributed by atoms with Crippen LogP contribution in [0.2, 0.25) is 0 Å². The van der Waals surface area contributed by atoms with E-state index in [1.165, 1.54) is 4.90 Å². The minimum Gasteiger partial charge on any atom is -0.465 e. The van der Waals surface area contributed by atoms with Crippen LogP contribution < -0.4 is 0 Å². The van der Waals surface area contributed by atoms with E-state index in [1.54, 1.807) is 6.92 Å². The summed E-state index contributed by atoms with van der Waals surface area (Å²) in [5, 5.41) is 8.73. The first kappa shape index (κ1) is 13.0. The smallest absolute Gasteiger partial charge is 0.407 e. The predicted octanol–water partition coefficient (Wildman–Crippen LogP) is 1.51. The Balaban J connectivity index is 2.02. The number of carbonyl (C=O) groups excluding carboxylic acids is 1. The van der Waals surface area contributed by atoms with Gasteiger partial charge in [-0.25, -0.2) is 4.79 Å². The number of unbranched alkanes of at least 4 members (excludes halogenated alkanes) is 1. The molecule has 0 radical (unpaired) electrons. The second-order valence-electron chi connectivity index (χ2n) is 4.17. The van der Waals surface area contributed by atoms with E-state index in [4.69, 9.17) is 9.84 Å². The van der Waals surface area contributed by atoms with Crippen molar-refractivity contribution in [3.05, 3.63) is 0 Å². The van der Waals surface area contributed by atoms with Crippen LogP contribution in [0.1, 0.15) is 32.6 Å². The molecule has 0 aromatic carbocycles. The molecule has 1 N–H and O–H groups in total. The second-order valence-corrected chi connectivity index (χ2v) is 4.17. The van der Waals surface area contributed by atoms with Gasteiger partial charge in [0.15, 0.2) is 0 Å². The van der Waals surface area contributed by atoms with Crippen molar-refractivity contribution in [1.29, 1.82) is 0 Å². The summed E-state index contributed by atoms with van der Waals surface area (Å²) in [6.07, 6.45) is 2.26. The van der Waals surface area contributed by atoms with Crippen LogP contribution in [0, 0.1) is 0 Å². The molecule has 0 saturated carbocycles. The molecule has 1 rings (SSSR count). The van der Waals surface area contributed by atoms with Crippen molar-refractivity contribution in [1.82, 2.24) is 4.90 Å². The van der Waals surface area contributed by atoms with E-state index >= 15 is 0 Å². The standard InChI is InChI=1S/C11H19NO4/c1-9(13)4-2-3-7-16-10-5-6-12(8-10)11(14)15/h10H,2-8H2,1H3,(H,14,15)/t10-/m1/s1. The molecule has 0 aliphatic carbocycles. The number of hydrogen-bond acceptors (Lipinski definition) is 3. The molecular formula is C11H19NO4. The van der Waals surface area contributed by atoms with Crippen molar-refractivity contribution in [2.45, 2.75) is 38.7 Å². The van der Waals surface area contributed by atoms with Gasteiger partial charge in [0, 0.05) is 19.6 Å². The molecule has 5 nitrogen and oxygen atoms in total. The molecule has 1 atom stereocenters. The van der Waals surface area contributed by atoms with Crippen LogP contribution in [0.4, 0.5) is 4.79 Å². The molecule has 0 aromatic heterocycles. The fourth-order valence-electron chi connectivity index (χ4n) is 1.76. The molecule has 1 aliphatic heterocycles. The van der Waals surface area contributed by atoms with Crippen LogP contribution in [-0.4, -0.2) is 47.7 Å². The van der Waals surface area contributed by atoms with E-state index in [9.17, 15) is 9.59 Å². The van der Waals surface area contributed by atoms with Gasteiger partial charge in [-0.3, -0.25) is 0 Å². The fraction of sp³-hybridized carbons (Fsp3) is 0.818. The van der Waals surface area contributed by atoms with Gasteiger partial charge in [-0.1, -0.05) is 0 Å². The average molecular weight is 229 g/mol. The molecule has 1 amide bonds. The Kier molecular flexibility index (Phi) is 5.25. The van der Waals surface area contributed by atoms with Crippen LogP contribution in [0.5, 0.6) is 0 Å². The summed E-state index contributed by atoms with van der Waals surface area (Å²) in [7, 11) is 0. The third kappa shape index (κ3) is 4.61. The Morgan fingerprint density at radius 1 is 1.44 bits per heavy atom. The van der Waals surface area contributed by atoms with Crippen LogP contribution in [0.15, 0.2) is 0 Å². The maximum atomic E-state index is 10.7. The van der Waals surface area contributed by atoms with Gasteiger partial charge in [0.1, 0.15) is 5.78 Å². The number of carboxylic acid groups (broad SMARTS) is 1. The van der Waals surface area contributed by atoms with Gasteiger partial charge in [0.05, 0.1) is 12.6 Å². The topological polar surface area (TPSA) is 66.8 Å². The quantitative estimate of drug-likeness (QED) is 0.701. The SMILES string of the molecule is CC(=O)CCCCO[C@@H]1CCN(C(=O)O)C1. The summed E-state index contributed by atoms with van der Waals surface area (Å²) in [6.45, 7) is 3.24. The van der Waals surface area contributed by atoms with Gasteiger partial charge < -0.3 is 19.5 Å². The molecule has 16 heavy (non-hydrogen) atoms. The van der Waals surface area contributed by atoms with Gasteiger partial charge in [-0.2, -0.15) is 0 Å². The Morgan fingerprint density at radius 2 is 2.19 bits per heavy atom. The van der Waals surface area contributed by atoms with Gasteiger partial charge in [-0.05, 0) is 26.2 Å². The highest BCUT2D eigenvalue weighted by Crippen LogP contribution is 2.13. The number of ether oxygens (including phenoxy) is 1. The summed E-state index contributed by atoms with van der Waals surface area (Å²) >= 11 is 0. The number of ketones is 1. The lowest BCUT2D eigenvalue weighted by molar-refractivity contribution is -0.117. The number of rotatable bonds is 6. The zero-order valence-corrected chi connectivity index (χ0v) is 9.65. The molecule has 1 aliphatic rings. The molecule has 0 bridgehead atoms. The molecule has 1 fully saturated rings. The normalized spacial score (nSPS) is 20.1. The molecule has 0 spiro atoms. The third-order valence-corrected chi connectivity index (χ3v) is 2.69. The Morgan fingerprint density at radius 3 is 2.75 bits per heavy atom. The van der Waals surface area contributed by atoms with E-state index in [0.717, 1.165) is 19.3 Å². The van der Waals surface area contributed by atoms with E-state index in [-0.39, 0.29) is 11.9 Å². The highest BCUT2D eigenvalue weighted by Gasteiger charge is 2.25. The van der Waals surface area contributed by atoms with Crippen LogP contribution in [-0.2, 0) is 9.53 Å². The highest BCUT2D eigenvalue weighted by atomic mass is 16.5. The Hall–Kier alpha value is -1.10. The van der Waals surface area contributed by atoms with E-state index < -0.39 is 6.09 Å². The number of nitrogens with zero attached hydrogens (tertiary/aromatic N) is 1. The van der Waals surface area contributed by atoms with Gasteiger partial charge >= 0.3 is 6.09 Å². The second kappa shape index (κ2) is 6.48. The first-order chi connectivity index (χ1) is 7.59. The van der Waals surface area contributed by atoms with Gasteiger partial charge in [0.25, 0.3) is 0 Å². The summed E-state index contributed by atoms with van der Waals surface area (Å²) in [5.74, 6) is 0.206. The minimum atomic E-state index is -0.873. The molecule has 1 saturated heterocycles. The summed E-state index contributed by atoms with van der Waals surface area (Å²) in [6, 6.07) is 0. The maximum absolute atomic E-state index is 10.7.